The Hall–Kier alpha value is -3.66. The fourth-order valence-electron chi connectivity index (χ4n) is 6.34. The predicted molar refractivity (Wildman–Crippen MR) is 200 cm³/mol. The number of hydrogen-bond acceptors (Lipinski definition) is 9. The van der Waals surface area contributed by atoms with Crippen LogP contribution in [0.25, 0.3) is 32.3 Å². The van der Waals surface area contributed by atoms with Gasteiger partial charge in [-0.25, -0.2) is 0 Å². The third-order valence-corrected chi connectivity index (χ3v) is 9.62. The van der Waals surface area contributed by atoms with Gasteiger partial charge in [0.15, 0.2) is 34.5 Å². The van der Waals surface area contributed by atoms with Crippen LogP contribution in [0.3, 0.4) is 0 Å². The smallest absolute Gasteiger partial charge is 0.161 e. The molecular weight excluding hydrogens is 648 g/mol. The van der Waals surface area contributed by atoms with Gasteiger partial charge in [-0.2, -0.15) is 0 Å². The second-order valence-electron chi connectivity index (χ2n) is 14.0. The molecule has 0 aliphatic carbocycles. The maximum absolute atomic E-state index is 6.46. The summed E-state index contributed by atoms with van der Waals surface area (Å²) in [6.45, 7) is 12.1. The van der Waals surface area contributed by atoms with Gasteiger partial charge >= 0.3 is 0 Å². The van der Waals surface area contributed by atoms with Crippen LogP contribution in [0.15, 0.2) is 36.4 Å². The molecule has 0 N–H and O–H groups in total. The van der Waals surface area contributed by atoms with Gasteiger partial charge in [-0.3, -0.25) is 0 Å². The highest BCUT2D eigenvalue weighted by Gasteiger charge is 2.27. The summed E-state index contributed by atoms with van der Waals surface area (Å²) in [5.74, 6) is 4.33. The second-order valence-corrected chi connectivity index (χ2v) is 14.0. The number of unbranched alkanes of at least 4 members (excludes halogenated alkanes) is 6. The largest absolute Gasteiger partial charge is 0.490 e. The maximum Gasteiger partial charge on any atom is 0.161 e. The summed E-state index contributed by atoms with van der Waals surface area (Å²) in [7, 11) is 0. The molecule has 3 heterocycles. The highest BCUT2D eigenvalue weighted by atomic mass is 16.6. The van der Waals surface area contributed by atoms with Crippen LogP contribution < -0.4 is 28.4 Å². The lowest BCUT2D eigenvalue weighted by Crippen LogP contribution is -2.08. The van der Waals surface area contributed by atoms with E-state index in [9.17, 15) is 0 Å². The molecule has 4 aromatic carbocycles. The number of epoxide rings is 3. The van der Waals surface area contributed by atoms with E-state index in [0.29, 0.717) is 56.9 Å². The molecule has 0 aromatic heterocycles. The quantitative estimate of drug-likeness (QED) is 0.0403. The molecule has 0 saturated carbocycles. The molecule has 9 nitrogen and oxygen atoms in total. The van der Waals surface area contributed by atoms with Crippen molar-refractivity contribution >= 4 is 32.3 Å². The maximum atomic E-state index is 6.46. The van der Waals surface area contributed by atoms with Gasteiger partial charge in [0, 0.05) is 0 Å². The topological polar surface area (TPSA) is 93.0 Å². The van der Waals surface area contributed by atoms with Crippen molar-refractivity contribution in [2.24, 2.45) is 0 Å². The van der Waals surface area contributed by atoms with E-state index >= 15 is 0 Å². The molecule has 3 unspecified atom stereocenters. The van der Waals surface area contributed by atoms with Crippen molar-refractivity contribution in [3.05, 3.63) is 36.4 Å². The van der Waals surface area contributed by atoms with Crippen LogP contribution >= 0.6 is 0 Å². The zero-order valence-electron chi connectivity index (χ0n) is 30.6. The zero-order chi connectivity index (χ0) is 35.0. The van der Waals surface area contributed by atoms with Gasteiger partial charge in [0.25, 0.3) is 0 Å². The van der Waals surface area contributed by atoms with E-state index in [4.69, 9.17) is 42.6 Å². The fourth-order valence-corrected chi connectivity index (χ4v) is 6.34. The number of fused-ring (bicyclic) bond motifs is 6. The molecule has 0 spiro atoms. The van der Waals surface area contributed by atoms with Crippen LogP contribution in [0, 0.1) is 0 Å². The van der Waals surface area contributed by atoms with Crippen LogP contribution in [0.5, 0.6) is 34.5 Å². The Morgan fingerprint density at radius 1 is 0.392 bits per heavy atom. The van der Waals surface area contributed by atoms with E-state index in [1.165, 1.54) is 0 Å². The van der Waals surface area contributed by atoms with Crippen molar-refractivity contribution in [3.8, 4) is 34.5 Å². The number of hydrogen-bond donors (Lipinski definition) is 0. The first-order valence-electron chi connectivity index (χ1n) is 19.3. The molecule has 7 rings (SSSR count). The lowest BCUT2D eigenvalue weighted by molar-refractivity contribution is 0.239. The molecule has 3 saturated heterocycles. The monoisotopic (exact) mass is 702 g/mol. The Balaban J connectivity index is 1.40. The molecule has 4 aromatic rings. The molecule has 0 amide bonds. The van der Waals surface area contributed by atoms with Crippen molar-refractivity contribution in [1.29, 1.82) is 0 Å². The molecule has 9 heteroatoms. The minimum Gasteiger partial charge on any atom is -0.490 e. The van der Waals surface area contributed by atoms with Crippen LogP contribution in [0.1, 0.15) is 78.6 Å². The number of rotatable bonds is 24. The van der Waals surface area contributed by atoms with Gasteiger partial charge < -0.3 is 42.6 Å². The fraction of sp³-hybridized carbons (Fsp3) is 0.571. The van der Waals surface area contributed by atoms with E-state index in [-0.39, 0.29) is 18.3 Å². The lowest BCUT2D eigenvalue weighted by atomic mass is 9.93. The van der Waals surface area contributed by atoms with Crippen LogP contribution in [0.2, 0.25) is 0 Å². The minimum absolute atomic E-state index is 0.117. The van der Waals surface area contributed by atoms with Crippen molar-refractivity contribution in [2.75, 3.05) is 59.5 Å². The molecular formula is C42H54O9. The van der Waals surface area contributed by atoms with E-state index in [0.717, 1.165) is 127 Å². The number of ether oxygens (including phenoxy) is 9. The summed E-state index contributed by atoms with van der Waals surface area (Å²) in [6, 6.07) is 12.8. The first-order valence-corrected chi connectivity index (χ1v) is 19.3. The Labute approximate surface area is 301 Å². The third kappa shape index (κ3) is 9.42. The Bertz CT molecular complexity index is 1520. The molecule has 0 bridgehead atoms. The highest BCUT2D eigenvalue weighted by Crippen LogP contribution is 2.47. The van der Waals surface area contributed by atoms with E-state index in [2.05, 4.69) is 57.2 Å². The van der Waals surface area contributed by atoms with Crippen molar-refractivity contribution < 1.29 is 42.6 Å². The molecule has 3 aliphatic heterocycles. The van der Waals surface area contributed by atoms with Crippen molar-refractivity contribution in [3.63, 3.8) is 0 Å². The lowest BCUT2D eigenvalue weighted by Gasteiger charge is -2.20. The zero-order valence-corrected chi connectivity index (χ0v) is 30.6. The molecule has 3 aliphatic rings. The van der Waals surface area contributed by atoms with Gasteiger partial charge in [-0.15, -0.1) is 0 Å². The average Bonchev–Trinajstić information content (AvgIpc) is 3.99. The summed E-state index contributed by atoms with van der Waals surface area (Å²) in [5.41, 5.74) is 0. The Kier molecular flexibility index (Phi) is 12.1. The molecule has 0 radical (unpaired) electrons. The minimum atomic E-state index is 0.117. The van der Waals surface area contributed by atoms with Gasteiger partial charge in [-0.1, -0.05) is 59.3 Å². The highest BCUT2D eigenvalue weighted by molar-refractivity contribution is 6.26. The standard InChI is InChI=1S/C42H54O9/c1-4-7-10-13-43-37-16-31-34(19-40(37)49-25-28-22-46-28)32-17-38(44-14-11-8-5-2)42(51-27-30-24-48-30)21-36(32)33-18-39(45-15-12-9-6-3)41(20-35(31)33)50-26-29-23-47-29/h16-21,28-30H,4-15,22-27H2,1-3H3. The third-order valence-electron chi connectivity index (χ3n) is 9.62. The van der Waals surface area contributed by atoms with Crippen LogP contribution in [-0.2, 0) is 14.2 Å². The van der Waals surface area contributed by atoms with Crippen molar-refractivity contribution in [1.82, 2.24) is 0 Å². The van der Waals surface area contributed by atoms with Crippen LogP contribution in [-0.4, -0.2) is 77.8 Å². The summed E-state index contributed by atoms with van der Waals surface area (Å²) < 4.78 is 55.1. The predicted octanol–water partition coefficient (Wildman–Crippen LogP) is 9.19. The van der Waals surface area contributed by atoms with Crippen LogP contribution in [0.4, 0.5) is 0 Å². The average molecular weight is 703 g/mol. The molecule has 3 atom stereocenters. The van der Waals surface area contributed by atoms with Crippen molar-refractivity contribution in [2.45, 2.75) is 96.9 Å². The summed E-state index contributed by atoms with van der Waals surface area (Å²) in [4.78, 5) is 0. The number of benzene rings is 4. The normalized spacial score (nSPS) is 19.0. The Morgan fingerprint density at radius 3 is 0.843 bits per heavy atom. The van der Waals surface area contributed by atoms with Gasteiger partial charge in [0.1, 0.15) is 38.1 Å². The summed E-state index contributed by atoms with van der Waals surface area (Å²) in [6.07, 6.45) is 9.99. The second kappa shape index (κ2) is 17.2. The molecule has 276 valence electrons. The van der Waals surface area contributed by atoms with Gasteiger partial charge in [0.2, 0.25) is 0 Å². The first kappa shape index (κ1) is 35.7. The van der Waals surface area contributed by atoms with E-state index in [1.54, 1.807) is 0 Å². The van der Waals surface area contributed by atoms with E-state index in [1.807, 2.05) is 0 Å². The summed E-state index contributed by atoms with van der Waals surface area (Å²) >= 11 is 0. The van der Waals surface area contributed by atoms with Gasteiger partial charge in [0.05, 0.1) is 39.6 Å². The SMILES string of the molecule is CCCCCOc1cc2c(cc1OCC1CO1)c1cc(OCCCCC)c(OCC3CO3)cc1c1cc(OCCCCC)c(OCC3CO3)cc21. The van der Waals surface area contributed by atoms with E-state index < -0.39 is 0 Å². The van der Waals surface area contributed by atoms with Gasteiger partial charge in [-0.05, 0) is 88.0 Å². The summed E-state index contributed by atoms with van der Waals surface area (Å²) in [5, 5.41) is 6.23. The Morgan fingerprint density at radius 2 is 0.627 bits per heavy atom. The molecule has 3 fully saturated rings. The first-order chi connectivity index (χ1) is 25.1. The molecule has 51 heavy (non-hydrogen) atoms.